The summed E-state index contributed by atoms with van der Waals surface area (Å²) in [4.78, 5) is 11.9. The minimum atomic E-state index is -0.0248. The Morgan fingerprint density at radius 1 is 0.955 bits per heavy atom. The zero-order valence-electron chi connectivity index (χ0n) is 14.1. The number of amides is 1. The summed E-state index contributed by atoms with van der Waals surface area (Å²) in [7, 11) is 0. The lowest BCUT2D eigenvalue weighted by molar-refractivity contribution is 0.0953. The van der Waals surface area contributed by atoms with Crippen LogP contribution < -0.4 is 11.1 Å². The number of rotatable bonds is 12. The molecule has 0 aliphatic heterocycles. The van der Waals surface area contributed by atoms with Gasteiger partial charge in [-0.1, -0.05) is 70.8 Å². The highest BCUT2D eigenvalue weighted by atomic mass is 16.1. The van der Waals surface area contributed by atoms with Gasteiger partial charge in [-0.15, -0.1) is 0 Å². The Hall–Kier alpha value is -1.51. The summed E-state index contributed by atoms with van der Waals surface area (Å²) in [5, 5.41) is 2.96. The number of hydrogen-bond donors (Lipinski definition) is 2. The number of unbranched alkanes of at least 4 members (excludes halogenated alkanes) is 9. The zero-order valence-corrected chi connectivity index (χ0v) is 14.1. The van der Waals surface area contributed by atoms with Crippen LogP contribution in [0.3, 0.4) is 0 Å². The topological polar surface area (TPSA) is 55.1 Å². The van der Waals surface area contributed by atoms with Crippen molar-refractivity contribution >= 4 is 11.6 Å². The molecule has 1 rings (SSSR count). The number of nitrogens with one attached hydrogen (secondary N) is 1. The fourth-order valence-corrected chi connectivity index (χ4v) is 2.60. The number of nitrogen functional groups attached to an aromatic ring is 1. The van der Waals surface area contributed by atoms with Gasteiger partial charge in [0, 0.05) is 17.8 Å². The molecule has 1 aromatic rings. The van der Waals surface area contributed by atoms with E-state index in [0.717, 1.165) is 13.0 Å². The molecule has 0 aliphatic rings. The van der Waals surface area contributed by atoms with E-state index in [1.165, 1.54) is 57.8 Å². The first kappa shape index (κ1) is 18.5. The third kappa shape index (κ3) is 8.71. The van der Waals surface area contributed by atoms with Gasteiger partial charge < -0.3 is 11.1 Å². The highest BCUT2D eigenvalue weighted by Crippen LogP contribution is 2.10. The van der Waals surface area contributed by atoms with E-state index in [1.54, 1.807) is 18.2 Å². The highest BCUT2D eigenvalue weighted by Gasteiger charge is 2.04. The van der Waals surface area contributed by atoms with Gasteiger partial charge in [0.1, 0.15) is 0 Å². The van der Waals surface area contributed by atoms with Gasteiger partial charge in [-0.25, -0.2) is 0 Å². The lowest BCUT2D eigenvalue weighted by Crippen LogP contribution is -2.24. The van der Waals surface area contributed by atoms with E-state index in [4.69, 9.17) is 5.73 Å². The molecule has 0 aromatic heterocycles. The summed E-state index contributed by atoms with van der Waals surface area (Å²) in [6.07, 6.45) is 13.1. The number of anilines is 1. The van der Waals surface area contributed by atoms with Crippen molar-refractivity contribution in [2.75, 3.05) is 12.3 Å². The summed E-state index contributed by atoms with van der Waals surface area (Å²) in [5.41, 5.74) is 6.95. The molecule has 0 aliphatic carbocycles. The molecule has 1 aromatic carbocycles. The lowest BCUT2D eigenvalue weighted by Gasteiger charge is -2.06. The molecule has 0 saturated heterocycles. The van der Waals surface area contributed by atoms with E-state index in [0.29, 0.717) is 11.3 Å². The summed E-state index contributed by atoms with van der Waals surface area (Å²) < 4.78 is 0. The minimum absolute atomic E-state index is 0.0248. The molecule has 0 fully saturated rings. The predicted molar refractivity (Wildman–Crippen MR) is 95.0 cm³/mol. The Kier molecular flexibility index (Phi) is 10.2. The van der Waals surface area contributed by atoms with Crippen molar-refractivity contribution < 1.29 is 4.79 Å². The van der Waals surface area contributed by atoms with Crippen LogP contribution >= 0.6 is 0 Å². The normalized spacial score (nSPS) is 10.6. The van der Waals surface area contributed by atoms with Gasteiger partial charge in [-0.2, -0.15) is 0 Å². The molecular formula is C19H32N2O. The number of nitrogens with two attached hydrogens (primary N) is 1. The summed E-state index contributed by atoms with van der Waals surface area (Å²) in [6.45, 7) is 3.01. The average molecular weight is 304 g/mol. The number of hydrogen-bond acceptors (Lipinski definition) is 2. The maximum atomic E-state index is 11.9. The lowest BCUT2D eigenvalue weighted by atomic mass is 10.1. The van der Waals surface area contributed by atoms with E-state index in [1.807, 2.05) is 6.07 Å². The molecule has 0 heterocycles. The number of benzene rings is 1. The van der Waals surface area contributed by atoms with Gasteiger partial charge >= 0.3 is 0 Å². The van der Waals surface area contributed by atoms with Crippen LogP contribution in [-0.2, 0) is 0 Å². The van der Waals surface area contributed by atoms with Crippen molar-refractivity contribution in [1.29, 1.82) is 0 Å². The predicted octanol–water partition coefficient (Wildman–Crippen LogP) is 4.92. The molecule has 0 radical (unpaired) electrons. The van der Waals surface area contributed by atoms with E-state index in [2.05, 4.69) is 12.2 Å². The Morgan fingerprint density at radius 3 is 2.14 bits per heavy atom. The molecule has 0 bridgehead atoms. The molecule has 3 heteroatoms. The van der Waals surface area contributed by atoms with Gasteiger partial charge in [0.25, 0.3) is 5.91 Å². The standard InChI is InChI=1S/C19H32N2O/c1-2-3-4-5-6-7-8-9-10-11-15-21-19(22)17-13-12-14-18(20)16-17/h12-14,16H,2-11,15,20H2,1H3,(H,21,22). The molecular weight excluding hydrogens is 272 g/mol. The second kappa shape index (κ2) is 12.1. The van der Waals surface area contributed by atoms with Gasteiger partial charge in [0.2, 0.25) is 0 Å². The minimum Gasteiger partial charge on any atom is -0.399 e. The first-order valence-electron chi connectivity index (χ1n) is 8.87. The molecule has 0 saturated carbocycles. The van der Waals surface area contributed by atoms with Crippen LogP contribution in [-0.4, -0.2) is 12.5 Å². The summed E-state index contributed by atoms with van der Waals surface area (Å²) in [6, 6.07) is 7.11. The zero-order chi connectivity index (χ0) is 16.0. The van der Waals surface area contributed by atoms with Crippen molar-refractivity contribution in [2.24, 2.45) is 0 Å². The molecule has 22 heavy (non-hydrogen) atoms. The Balaban J connectivity index is 1.94. The summed E-state index contributed by atoms with van der Waals surface area (Å²) in [5.74, 6) is -0.0248. The average Bonchev–Trinajstić information content (AvgIpc) is 2.52. The molecule has 0 atom stereocenters. The first-order chi connectivity index (χ1) is 10.7. The molecule has 0 unspecified atom stereocenters. The third-order valence-electron chi connectivity index (χ3n) is 3.96. The number of carbonyl (C=O) groups excluding carboxylic acids is 1. The summed E-state index contributed by atoms with van der Waals surface area (Å²) >= 11 is 0. The van der Waals surface area contributed by atoms with Crippen molar-refractivity contribution in [1.82, 2.24) is 5.32 Å². The van der Waals surface area contributed by atoms with Crippen LogP contribution in [0.4, 0.5) is 5.69 Å². The second-order valence-corrected chi connectivity index (χ2v) is 6.06. The monoisotopic (exact) mass is 304 g/mol. The Morgan fingerprint density at radius 2 is 1.55 bits per heavy atom. The SMILES string of the molecule is CCCCCCCCCCCCNC(=O)c1cccc(N)c1. The molecule has 3 N–H and O–H groups in total. The van der Waals surface area contributed by atoms with Crippen molar-refractivity contribution in [2.45, 2.75) is 71.1 Å². The largest absolute Gasteiger partial charge is 0.399 e. The van der Waals surface area contributed by atoms with E-state index in [9.17, 15) is 4.79 Å². The Labute approximate surface area is 135 Å². The van der Waals surface area contributed by atoms with Gasteiger partial charge in [0.05, 0.1) is 0 Å². The van der Waals surface area contributed by atoms with Crippen LogP contribution in [0.25, 0.3) is 0 Å². The maximum Gasteiger partial charge on any atom is 0.251 e. The van der Waals surface area contributed by atoms with Crippen molar-refractivity contribution in [3.05, 3.63) is 29.8 Å². The fourth-order valence-electron chi connectivity index (χ4n) is 2.60. The molecule has 3 nitrogen and oxygen atoms in total. The molecule has 0 spiro atoms. The maximum absolute atomic E-state index is 11.9. The highest BCUT2D eigenvalue weighted by molar-refractivity contribution is 5.94. The Bertz CT molecular complexity index is 418. The van der Waals surface area contributed by atoms with Crippen LogP contribution in [0, 0.1) is 0 Å². The van der Waals surface area contributed by atoms with Crippen LogP contribution in [0.1, 0.15) is 81.5 Å². The number of carbonyl (C=O) groups is 1. The van der Waals surface area contributed by atoms with Crippen LogP contribution in [0.15, 0.2) is 24.3 Å². The first-order valence-corrected chi connectivity index (χ1v) is 8.87. The van der Waals surface area contributed by atoms with Gasteiger partial charge in [-0.05, 0) is 24.6 Å². The smallest absolute Gasteiger partial charge is 0.251 e. The molecule has 124 valence electrons. The van der Waals surface area contributed by atoms with Gasteiger partial charge in [0.15, 0.2) is 0 Å². The van der Waals surface area contributed by atoms with E-state index in [-0.39, 0.29) is 5.91 Å². The quantitative estimate of drug-likeness (QED) is 0.425. The van der Waals surface area contributed by atoms with Crippen molar-refractivity contribution in [3.8, 4) is 0 Å². The van der Waals surface area contributed by atoms with Crippen molar-refractivity contribution in [3.63, 3.8) is 0 Å². The van der Waals surface area contributed by atoms with E-state index < -0.39 is 0 Å². The van der Waals surface area contributed by atoms with Crippen LogP contribution in [0.2, 0.25) is 0 Å². The van der Waals surface area contributed by atoms with Crippen LogP contribution in [0.5, 0.6) is 0 Å². The third-order valence-corrected chi connectivity index (χ3v) is 3.96. The van der Waals surface area contributed by atoms with Gasteiger partial charge in [-0.3, -0.25) is 4.79 Å². The second-order valence-electron chi connectivity index (χ2n) is 6.06. The fraction of sp³-hybridized carbons (Fsp3) is 0.632. The van der Waals surface area contributed by atoms with E-state index >= 15 is 0 Å². The molecule has 1 amide bonds.